The lowest BCUT2D eigenvalue weighted by atomic mass is 9.75. The molecule has 0 bridgehead atoms. The number of carbonyl (C=O) groups excluding carboxylic acids is 1. The summed E-state index contributed by atoms with van der Waals surface area (Å²) in [5.41, 5.74) is 2.17. The molecule has 0 spiro atoms. The quantitative estimate of drug-likeness (QED) is 0.544. The molecular weight excluding hydrogens is 341 g/mol. The summed E-state index contributed by atoms with van der Waals surface area (Å²) in [6, 6.07) is 9.62. The molecule has 0 N–H and O–H groups in total. The van der Waals surface area contributed by atoms with Crippen LogP contribution in [0.4, 0.5) is 13.2 Å². The van der Waals surface area contributed by atoms with E-state index < -0.39 is 17.5 Å². The van der Waals surface area contributed by atoms with E-state index in [1.165, 1.54) is 5.56 Å². The van der Waals surface area contributed by atoms with Gasteiger partial charge in [-0.2, -0.15) is 0 Å². The molecule has 0 radical (unpaired) electrons. The summed E-state index contributed by atoms with van der Waals surface area (Å²) >= 11 is 0. The van der Waals surface area contributed by atoms with Gasteiger partial charge in [0.2, 0.25) is 0 Å². The second-order valence-corrected chi connectivity index (χ2v) is 7.22. The molecule has 2 aliphatic rings. The summed E-state index contributed by atoms with van der Waals surface area (Å²) in [5.74, 6) is -3.00. The van der Waals surface area contributed by atoms with Crippen molar-refractivity contribution >= 4 is 5.97 Å². The average molecular weight is 360 g/mol. The number of benzene rings is 2. The first-order valence-electron chi connectivity index (χ1n) is 8.95. The van der Waals surface area contributed by atoms with Gasteiger partial charge in [0.1, 0.15) is 6.10 Å². The number of hydrogen-bond donors (Lipinski definition) is 0. The van der Waals surface area contributed by atoms with Crippen LogP contribution in [0.15, 0.2) is 36.4 Å². The van der Waals surface area contributed by atoms with Crippen LogP contribution in [0.5, 0.6) is 0 Å². The van der Waals surface area contributed by atoms with Gasteiger partial charge >= 0.3 is 5.97 Å². The lowest BCUT2D eigenvalue weighted by molar-refractivity contribution is -0.176. The molecule has 1 heterocycles. The third-order valence-corrected chi connectivity index (χ3v) is 5.65. The largest absolute Gasteiger partial charge is 0.461 e. The zero-order valence-electron chi connectivity index (χ0n) is 14.2. The number of carbonyl (C=O) groups is 1. The maximum Gasteiger partial charge on any atom is 0.309 e. The van der Waals surface area contributed by atoms with Crippen molar-refractivity contribution in [2.45, 2.75) is 44.1 Å². The van der Waals surface area contributed by atoms with E-state index in [-0.39, 0.29) is 12.1 Å². The fourth-order valence-corrected chi connectivity index (χ4v) is 4.08. The standard InChI is InChI=1S/C21H19F3O2/c22-17-9-16(10-18(23)21(17)24)14-3-1-12(2-4-14)13-5-7-15(8-6-13)19-11-20(25)26-19/h1-4,9-10,13,15,19H,5-8,11H2. The second kappa shape index (κ2) is 6.78. The van der Waals surface area contributed by atoms with Crippen molar-refractivity contribution in [3.63, 3.8) is 0 Å². The van der Waals surface area contributed by atoms with E-state index in [0.717, 1.165) is 37.8 Å². The topological polar surface area (TPSA) is 26.3 Å². The number of hydrogen-bond acceptors (Lipinski definition) is 2. The van der Waals surface area contributed by atoms with E-state index in [4.69, 9.17) is 4.74 Å². The highest BCUT2D eigenvalue weighted by atomic mass is 19.2. The molecule has 1 aliphatic heterocycles. The van der Waals surface area contributed by atoms with Gasteiger partial charge in [0, 0.05) is 0 Å². The smallest absolute Gasteiger partial charge is 0.309 e. The molecule has 2 aromatic carbocycles. The van der Waals surface area contributed by atoms with Crippen molar-refractivity contribution < 1.29 is 22.7 Å². The first-order valence-corrected chi connectivity index (χ1v) is 8.95. The number of ether oxygens (including phenoxy) is 1. The Labute approximate surface area is 150 Å². The molecule has 4 rings (SSSR count). The minimum absolute atomic E-state index is 0.0959. The van der Waals surface area contributed by atoms with Crippen LogP contribution < -0.4 is 0 Å². The van der Waals surface area contributed by atoms with Crippen LogP contribution in [0.1, 0.15) is 43.6 Å². The zero-order valence-corrected chi connectivity index (χ0v) is 14.2. The Balaban J connectivity index is 1.43. The summed E-state index contributed by atoms with van der Waals surface area (Å²) in [6.07, 6.45) is 4.82. The van der Waals surface area contributed by atoms with Crippen molar-refractivity contribution in [1.82, 2.24) is 0 Å². The van der Waals surface area contributed by atoms with Gasteiger partial charge in [-0.25, -0.2) is 13.2 Å². The molecule has 1 atom stereocenters. The number of rotatable bonds is 3. The Morgan fingerprint density at radius 2 is 1.42 bits per heavy atom. The molecule has 2 fully saturated rings. The number of esters is 1. The highest BCUT2D eigenvalue weighted by Gasteiger charge is 2.37. The van der Waals surface area contributed by atoms with Crippen molar-refractivity contribution in [2.75, 3.05) is 0 Å². The van der Waals surface area contributed by atoms with Crippen molar-refractivity contribution in [3.05, 3.63) is 59.4 Å². The first-order chi connectivity index (χ1) is 12.5. The summed E-state index contributed by atoms with van der Waals surface area (Å²) in [4.78, 5) is 11.0. The summed E-state index contributed by atoms with van der Waals surface area (Å²) < 4.78 is 45.1. The third-order valence-electron chi connectivity index (χ3n) is 5.65. The SMILES string of the molecule is O=C1CC(C2CCC(c3ccc(-c4cc(F)c(F)c(F)c4)cc3)CC2)O1. The molecule has 136 valence electrons. The molecule has 1 saturated heterocycles. The maximum atomic E-state index is 13.4. The number of halogens is 3. The van der Waals surface area contributed by atoms with Crippen LogP contribution in [-0.4, -0.2) is 12.1 Å². The van der Waals surface area contributed by atoms with Crippen LogP contribution in [0.2, 0.25) is 0 Å². The van der Waals surface area contributed by atoms with Crippen molar-refractivity contribution in [1.29, 1.82) is 0 Å². The molecule has 5 heteroatoms. The molecular formula is C21H19F3O2. The Kier molecular flexibility index (Phi) is 4.47. The summed E-state index contributed by atoms with van der Waals surface area (Å²) in [5, 5.41) is 0. The highest BCUT2D eigenvalue weighted by Crippen LogP contribution is 2.40. The van der Waals surface area contributed by atoms with Gasteiger partial charge in [-0.1, -0.05) is 24.3 Å². The highest BCUT2D eigenvalue weighted by molar-refractivity contribution is 5.75. The minimum Gasteiger partial charge on any atom is -0.461 e. The van der Waals surface area contributed by atoms with E-state index in [2.05, 4.69) is 0 Å². The third kappa shape index (κ3) is 3.22. The Hall–Kier alpha value is -2.30. The predicted octanol–water partition coefficient (Wildman–Crippen LogP) is 5.36. The Morgan fingerprint density at radius 1 is 0.846 bits per heavy atom. The molecule has 1 saturated carbocycles. The summed E-state index contributed by atoms with van der Waals surface area (Å²) in [6.45, 7) is 0. The van der Waals surface area contributed by atoms with E-state index in [0.29, 0.717) is 29.4 Å². The van der Waals surface area contributed by atoms with E-state index in [9.17, 15) is 18.0 Å². The molecule has 0 amide bonds. The first kappa shape index (κ1) is 17.1. The summed E-state index contributed by atoms with van der Waals surface area (Å²) in [7, 11) is 0. The second-order valence-electron chi connectivity index (χ2n) is 7.22. The van der Waals surface area contributed by atoms with Crippen LogP contribution in [0.3, 0.4) is 0 Å². The van der Waals surface area contributed by atoms with Crippen LogP contribution in [0, 0.1) is 23.4 Å². The van der Waals surface area contributed by atoms with Gasteiger partial charge in [0.15, 0.2) is 17.5 Å². The lowest BCUT2D eigenvalue weighted by Crippen LogP contribution is -2.40. The van der Waals surface area contributed by atoms with Gasteiger partial charge in [0.05, 0.1) is 6.42 Å². The normalized spacial score (nSPS) is 25.5. The fraction of sp³-hybridized carbons (Fsp3) is 0.381. The molecule has 2 aromatic rings. The van der Waals surface area contributed by atoms with Crippen LogP contribution in [0.25, 0.3) is 11.1 Å². The Morgan fingerprint density at radius 3 is 1.96 bits per heavy atom. The Bertz CT molecular complexity index is 793. The maximum absolute atomic E-state index is 13.4. The molecule has 2 nitrogen and oxygen atoms in total. The van der Waals surface area contributed by atoms with Gasteiger partial charge < -0.3 is 4.74 Å². The van der Waals surface area contributed by atoms with E-state index in [1.807, 2.05) is 24.3 Å². The van der Waals surface area contributed by atoms with Crippen LogP contribution >= 0.6 is 0 Å². The molecule has 1 aliphatic carbocycles. The minimum atomic E-state index is -1.45. The van der Waals surface area contributed by atoms with Crippen LogP contribution in [-0.2, 0) is 9.53 Å². The predicted molar refractivity (Wildman–Crippen MR) is 90.9 cm³/mol. The van der Waals surface area contributed by atoms with Gasteiger partial charge in [-0.05, 0) is 66.3 Å². The lowest BCUT2D eigenvalue weighted by Gasteiger charge is -2.37. The van der Waals surface area contributed by atoms with E-state index in [1.54, 1.807) is 0 Å². The number of cyclic esters (lactones) is 1. The van der Waals surface area contributed by atoms with Gasteiger partial charge in [-0.3, -0.25) is 4.79 Å². The van der Waals surface area contributed by atoms with Crippen molar-refractivity contribution in [3.8, 4) is 11.1 Å². The molecule has 0 aromatic heterocycles. The van der Waals surface area contributed by atoms with Gasteiger partial charge in [0.25, 0.3) is 0 Å². The van der Waals surface area contributed by atoms with E-state index >= 15 is 0 Å². The van der Waals surface area contributed by atoms with Gasteiger partial charge in [-0.15, -0.1) is 0 Å². The zero-order chi connectivity index (χ0) is 18.3. The average Bonchev–Trinajstić information content (AvgIpc) is 2.63. The molecule has 1 unspecified atom stereocenters. The molecule has 26 heavy (non-hydrogen) atoms. The van der Waals surface area contributed by atoms with Crippen molar-refractivity contribution in [2.24, 2.45) is 5.92 Å². The monoisotopic (exact) mass is 360 g/mol. The fourth-order valence-electron chi connectivity index (χ4n) is 4.08.